The Balaban J connectivity index is 5.42. The van der Waals surface area contributed by atoms with Crippen LogP contribution in [0.2, 0.25) is 0 Å². The third-order valence-electron chi connectivity index (χ3n) is 5.48. The second kappa shape index (κ2) is 9.54. The Kier molecular flexibility index (Phi) is 9.30. The zero-order valence-corrected chi connectivity index (χ0v) is 16.1. The van der Waals surface area contributed by atoms with Gasteiger partial charge >= 0.3 is 0 Å². The van der Waals surface area contributed by atoms with Crippen molar-refractivity contribution in [1.82, 2.24) is 5.32 Å². The molecule has 0 heterocycles. The summed E-state index contributed by atoms with van der Waals surface area (Å²) in [6.07, 6.45) is 6.12. The van der Waals surface area contributed by atoms with Gasteiger partial charge < -0.3 is 11.1 Å². The highest BCUT2D eigenvalue weighted by Crippen LogP contribution is 2.33. The van der Waals surface area contributed by atoms with Gasteiger partial charge in [-0.05, 0) is 36.5 Å². The van der Waals surface area contributed by atoms with Gasteiger partial charge in [0.15, 0.2) is 0 Å². The highest BCUT2D eigenvalue weighted by Gasteiger charge is 2.43. The molecule has 0 radical (unpaired) electrons. The van der Waals surface area contributed by atoms with E-state index in [1.165, 1.54) is 0 Å². The molecule has 3 nitrogen and oxygen atoms in total. The average Bonchev–Trinajstić information content (AvgIpc) is 2.43. The Labute approximate surface area is 138 Å². The van der Waals surface area contributed by atoms with E-state index in [1.807, 2.05) is 0 Å². The molecule has 0 fully saturated rings. The standard InChI is InChI=1S/C19H40N2O/c1-8-11-16(12-9-2)19(13-10-3,17(20)22)21-14-18(6,7)15(4)5/h15-16,21H,8-14H2,1-7H3,(H2,20,22). The van der Waals surface area contributed by atoms with Crippen LogP contribution in [0.5, 0.6) is 0 Å². The summed E-state index contributed by atoms with van der Waals surface area (Å²) in [4.78, 5) is 12.4. The van der Waals surface area contributed by atoms with E-state index in [0.29, 0.717) is 11.8 Å². The number of carbonyl (C=O) groups excluding carboxylic acids is 1. The first-order chi connectivity index (χ1) is 10.2. The van der Waals surface area contributed by atoms with E-state index in [-0.39, 0.29) is 11.3 Å². The predicted molar refractivity (Wildman–Crippen MR) is 96.8 cm³/mol. The van der Waals surface area contributed by atoms with E-state index < -0.39 is 5.54 Å². The first kappa shape index (κ1) is 21.4. The number of nitrogens with two attached hydrogens (primary N) is 1. The molecule has 0 aromatic rings. The SMILES string of the molecule is CCCC(CCC)C(CCC)(NCC(C)(C)C(C)C)C(N)=O. The van der Waals surface area contributed by atoms with Crippen LogP contribution in [0.15, 0.2) is 0 Å². The summed E-state index contributed by atoms with van der Waals surface area (Å²) in [7, 11) is 0. The minimum Gasteiger partial charge on any atom is -0.368 e. The van der Waals surface area contributed by atoms with Crippen LogP contribution in [0.1, 0.15) is 87.0 Å². The van der Waals surface area contributed by atoms with Crippen LogP contribution in [0.25, 0.3) is 0 Å². The van der Waals surface area contributed by atoms with E-state index >= 15 is 0 Å². The van der Waals surface area contributed by atoms with E-state index in [9.17, 15) is 4.79 Å². The summed E-state index contributed by atoms with van der Waals surface area (Å²) in [5.41, 5.74) is 5.52. The zero-order valence-electron chi connectivity index (χ0n) is 16.1. The number of primary amides is 1. The van der Waals surface area contributed by atoms with Crippen molar-refractivity contribution in [3.8, 4) is 0 Å². The molecule has 1 amide bonds. The lowest BCUT2D eigenvalue weighted by Gasteiger charge is -2.42. The average molecular weight is 313 g/mol. The van der Waals surface area contributed by atoms with Crippen molar-refractivity contribution in [2.75, 3.05) is 6.54 Å². The van der Waals surface area contributed by atoms with Crippen LogP contribution in [0.4, 0.5) is 0 Å². The second-order valence-corrected chi connectivity index (χ2v) is 7.86. The summed E-state index contributed by atoms with van der Waals surface area (Å²) in [5, 5.41) is 3.65. The molecular weight excluding hydrogens is 272 g/mol. The smallest absolute Gasteiger partial charge is 0.238 e. The van der Waals surface area contributed by atoms with Crippen LogP contribution in [0.3, 0.4) is 0 Å². The summed E-state index contributed by atoms with van der Waals surface area (Å²) in [6.45, 7) is 16.4. The van der Waals surface area contributed by atoms with Crippen LogP contribution in [0, 0.1) is 17.3 Å². The molecule has 3 heteroatoms. The Morgan fingerprint density at radius 3 is 1.86 bits per heavy atom. The number of nitrogens with one attached hydrogen (secondary N) is 1. The van der Waals surface area contributed by atoms with Crippen LogP contribution < -0.4 is 11.1 Å². The van der Waals surface area contributed by atoms with Gasteiger partial charge in [-0.3, -0.25) is 4.79 Å². The molecule has 1 unspecified atom stereocenters. The molecular formula is C19H40N2O. The van der Waals surface area contributed by atoms with Crippen LogP contribution in [-0.2, 0) is 4.79 Å². The van der Waals surface area contributed by atoms with Gasteiger partial charge in [0.05, 0.1) is 0 Å². The molecule has 0 rings (SSSR count). The summed E-state index contributed by atoms with van der Waals surface area (Å²) < 4.78 is 0. The first-order valence-electron chi connectivity index (χ1n) is 9.22. The van der Waals surface area contributed by atoms with Crippen molar-refractivity contribution in [2.24, 2.45) is 23.0 Å². The third-order valence-corrected chi connectivity index (χ3v) is 5.48. The molecule has 0 saturated carbocycles. The lowest BCUT2D eigenvalue weighted by molar-refractivity contribution is -0.128. The third kappa shape index (κ3) is 5.57. The van der Waals surface area contributed by atoms with Crippen LogP contribution >= 0.6 is 0 Å². The molecule has 0 bridgehead atoms. The molecule has 22 heavy (non-hydrogen) atoms. The maximum atomic E-state index is 12.4. The number of carbonyl (C=O) groups is 1. The van der Waals surface area contributed by atoms with Gasteiger partial charge in [-0.15, -0.1) is 0 Å². The monoisotopic (exact) mass is 312 g/mol. The fraction of sp³-hybridized carbons (Fsp3) is 0.947. The highest BCUT2D eigenvalue weighted by atomic mass is 16.1. The maximum Gasteiger partial charge on any atom is 0.238 e. The van der Waals surface area contributed by atoms with Crippen molar-refractivity contribution < 1.29 is 4.79 Å². The maximum absolute atomic E-state index is 12.4. The fourth-order valence-corrected chi connectivity index (χ4v) is 3.17. The van der Waals surface area contributed by atoms with Crippen molar-refractivity contribution in [3.63, 3.8) is 0 Å². The van der Waals surface area contributed by atoms with Gasteiger partial charge in [0.1, 0.15) is 5.54 Å². The zero-order chi connectivity index (χ0) is 17.4. The number of amides is 1. The van der Waals surface area contributed by atoms with Crippen molar-refractivity contribution in [3.05, 3.63) is 0 Å². The molecule has 132 valence electrons. The van der Waals surface area contributed by atoms with E-state index in [4.69, 9.17) is 5.73 Å². The van der Waals surface area contributed by atoms with Crippen molar-refractivity contribution in [1.29, 1.82) is 0 Å². The van der Waals surface area contributed by atoms with E-state index in [1.54, 1.807) is 0 Å². The molecule has 1 atom stereocenters. The van der Waals surface area contributed by atoms with Crippen molar-refractivity contribution >= 4 is 5.91 Å². The largest absolute Gasteiger partial charge is 0.368 e. The van der Waals surface area contributed by atoms with Gasteiger partial charge in [-0.1, -0.05) is 67.7 Å². The lowest BCUT2D eigenvalue weighted by Crippen LogP contribution is -2.62. The molecule has 0 aliphatic carbocycles. The Morgan fingerprint density at radius 2 is 1.55 bits per heavy atom. The highest BCUT2D eigenvalue weighted by molar-refractivity contribution is 5.85. The van der Waals surface area contributed by atoms with Gasteiger partial charge in [0.25, 0.3) is 0 Å². The quantitative estimate of drug-likeness (QED) is 0.557. The van der Waals surface area contributed by atoms with E-state index in [2.05, 4.69) is 53.8 Å². The Morgan fingerprint density at radius 1 is 1.05 bits per heavy atom. The minimum absolute atomic E-state index is 0.150. The van der Waals surface area contributed by atoms with Crippen LogP contribution in [-0.4, -0.2) is 18.0 Å². The molecule has 0 spiro atoms. The Hall–Kier alpha value is -0.570. The molecule has 3 N–H and O–H groups in total. The fourth-order valence-electron chi connectivity index (χ4n) is 3.17. The summed E-state index contributed by atoms with van der Waals surface area (Å²) in [5.74, 6) is 0.728. The number of hydrogen-bond acceptors (Lipinski definition) is 2. The van der Waals surface area contributed by atoms with Gasteiger partial charge in [-0.2, -0.15) is 0 Å². The molecule has 0 aliphatic heterocycles. The summed E-state index contributed by atoms with van der Waals surface area (Å²) in [6, 6.07) is 0. The topological polar surface area (TPSA) is 55.1 Å². The van der Waals surface area contributed by atoms with E-state index in [0.717, 1.165) is 45.1 Å². The first-order valence-corrected chi connectivity index (χ1v) is 9.22. The van der Waals surface area contributed by atoms with Gasteiger partial charge in [0, 0.05) is 6.54 Å². The number of hydrogen-bond donors (Lipinski definition) is 2. The normalized spacial score (nSPS) is 15.3. The molecule has 0 saturated heterocycles. The van der Waals surface area contributed by atoms with Gasteiger partial charge in [0.2, 0.25) is 5.91 Å². The Bertz CT molecular complexity index is 319. The van der Waals surface area contributed by atoms with Crippen molar-refractivity contribution in [2.45, 2.75) is 92.5 Å². The summed E-state index contributed by atoms with van der Waals surface area (Å²) >= 11 is 0. The minimum atomic E-state index is -0.549. The molecule has 0 aromatic heterocycles. The molecule has 0 aromatic carbocycles. The second-order valence-electron chi connectivity index (χ2n) is 7.86. The number of rotatable bonds is 12. The lowest BCUT2D eigenvalue weighted by atomic mass is 9.73. The predicted octanol–water partition coefficient (Wildman–Crippen LogP) is 4.50. The molecule has 0 aliphatic rings. The van der Waals surface area contributed by atoms with Gasteiger partial charge in [-0.25, -0.2) is 0 Å².